The van der Waals surface area contributed by atoms with Gasteiger partial charge in [0.1, 0.15) is 5.75 Å². The molecule has 0 saturated carbocycles. The third kappa shape index (κ3) is 6.21. The third-order valence-corrected chi connectivity index (χ3v) is 4.58. The Morgan fingerprint density at radius 3 is 2.44 bits per heavy atom. The van der Waals surface area contributed by atoms with Gasteiger partial charge in [-0.25, -0.2) is 0 Å². The van der Waals surface area contributed by atoms with E-state index in [1.165, 1.54) is 0 Å². The maximum absolute atomic E-state index is 12.1. The molecule has 6 nitrogen and oxygen atoms in total. The van der Waals surface area contributed by atoms with Crippen molar-refractivity contribution in [2.75, 3.05) is 52.3 Å². The minimum Gasteiger partial charge on any atom is -0.497 e. The fourth-order valence-corrected chi connectivity index (χ4v) is 2.90. The lowest BCUT2D eigenvalue weighted by Crippen LogP contribution is -2.50. The number of alkyl halides is 1. The number of methoxy groups -OCH3 is 1. The molecule has 0 aromatic heterocycles. The first kappa shape index (κ1) is 19.5. The molecule has 1 heterocycles. The highest BCUT2D eigenvalue weighted by Crippen LogP contribution is 2.11. The molecule has 0 unspecified atom stereocenters. The Morgan fingerprint density at radius 2 is 1.84 bits per heavy atom. The molecular weight excluding hydrogens is 342 g/mol. The Hall–Kier alpha value is -1.79. The molecule has 0 spiro atoms. The number of piperazine rings is 1. The fourth-order valence-electron chi connectivity index (χ4n) is 2.77. The highest BCUT2D eigenvalue weighted by Gasteiger charge is 2.20. The van der Waals surface area contributed by atoms with Gasteiger partial charge < -0.3 is 15.0 Å². The number of nitrogens with one attached hydrogen (secondary N) is 1. The number of ether oxygens (including phenoxy) is 1. The van der Waals surface area contributed by atoms with E-state index < -0.39 is 0 Å². The van der Waals surface area contributed by atoms with E-state index in [1.807, 2.05) is 4.90 Å². The Balaban J connectivity index is 1.65. The molecule has 1 N–H and O–H groups in total. The Labute approximate surface area is 154 Å². The van der Waals surface area contributed by atoms with Gasteiger partial charge in [0.05, 0.1) is 7.11 Å². The van der Waals surface area contributed by atoms with E-state index in [-0.39, 0.29) is 11.8 Å². The van der Waals surface area contributed by atoms with Gasteiger partial charge in [-0.15, -0.1) is 11.6 Å². The molecular formula is C18H26ClN3O3. The van der Waals surface area contributed by atoms with Crippen molar-refractivity contribution in [1.29, 1.82) is 0 Å². The number of benzene rings is 1. The second-order valence-electron chi connectivity index (χ2n) is 6.00. The van der Waals surface area contributed by atoms with Crippen molar-refractivity contribution in [2.45, 2.75) is 12.8 Å². The molecule has 0 atom stereocenters. The molecule has 1 aliphatic heterocycles. The minimum atomic E-state index is -0.0856. The van der Waals surface area contributed by atoms with Crippen LogP contribution in [0.4, 0.5) is 0 Å². The van der Waals surface area contributed by atoms with Crippen molar-refractivity contribution in [3.8, 4) is 5.75 Å². The summed E-state index contributed by atoms with van der Waals surface area (Å²) in [6.45, 7) is 4.54. The van der Waals surface area contributed by atoms with Crippen molar-refractivity contribution in [3.63, 3.8) is 0 Å². The molecule has 2 rings (SSSR count). The molecule has 138 valence electrons. The molecule has 1 aromatic carbocycles. The van der Waals surface area contributed by atoms with Crippen LogP contribution in [0.3, 0.4) is 0 Å². The number of halogens is 1. The Bertz CT molecular complexity index is 557. The van der Waals surface area contributed by atoms with E-state index in [0.717, 1.165) is 44.9 Å². The van der Waals surface area contributed by atoms with Crippen LogP contribution in [0, 0.1) is 0 Å². The summed E-state index contributed by atoms with van der Waals surface area (Å²) in [4.78, 5) is 28.2. The van der Waals surface area contributed by atoms with Crippen molar-refractivity contribution >= 4 is 23.4 Å². The van der Waals surface area contributed by atoms with Crippen molar-refractivity contribution in [2.24, 2.45) is 0 Å². The number of hydrogen-bond acceptors (Lipinski definition) is 4. The average molecular weight is 368 g/mol. The number of hydrogen-bond donors (Lipinski definition) is 1. The molecule has 1 aliphatic rings. The topological polar surface area (TPSA) is 61.9 Å². The number of carbonyl (C=O) groups is 2. The largest absolute Gasteiger partial charge is 0.497 e. The normalized spacial score (nSPS) is 15.0. The Morgan fingerprint density at radius 1 is 1.16 bits per heavy atom. The van der Waals surface area contributed by atoms with Crippen LogP contribution < -0.4 is 10.1 Å². The van der Waals surface area contributed by atoms with Crippen molar-refractivity contribution in [3.05, 3.63) is 29.8 Å². The summed E-state index contributed by atoms with van der Waals surface area (Å²) in [6.07, 6.45) is 1.26. The molecule has 0 aliphatic carbocycles. The first-order valence-corrected chi connectivity index (χ1v) is 9.16. The van der Waals surface area contributed by atoms with Gasteiger partial charge in [-0.05, 0) is 30.7 Å². The lowest BCUT2D eigenvalue weighted by Gasteiger charge is -2.34. The lowest BCUT2D eigenvalue weighted by molar-refractivity contribution is -0.132. The van der Waals surface area contributed by atoms with Gasteiger partial charge >= 0.3 is 0 Å². The quantitative estimate of drug-likeness (QED) is 0.709. The summed E-state index contributed by atoms with van der Waals surface area (Å²) in [7, 11) is 1.60. The van der Waals surface area contributed by atoms with Crippen LogP contribution in [0.1, 0.15) is 23.2 Å². The Kier molecular flexibility index (Phi) is 8.01. The standard InChI is InChI=1S/C18H26ClN3O3/c1-25-16-6-4-15(5-7-16)18(24)20-9-10-21-11-13-22(14-12-21)17(23)3-2-8-19/h4-7H,2-3,8-14H2,1H3,(H,20,24). The number of amides is 2. The predicted molar refractivity (Wildman–Crippen MR) is 98.3 cm³/mol. The van der Waals surface area contributed by atoms with Gasteiger partial charge in [0.15, 0.2) is 0 Å². The van der Waals surface area contributed by atoms with Crippen LogP contribution in [-0.4, -0.2) is 73.9 Å². The fraction of sp³-hybridized carbons (Fsp3) is 0.556. The van der Waals surface area contributed by atoms with Crippen LogP contribution in [0.15, 0.2) is 24.3 Å². The first-order valence-electron chi connectivity index (χ1n) is 8.62. The van der Waals surface area contributed by atoms with Crippen molar-refractivity contribution in [1.82, 2.24) is 15.1 Å². The summed E-state index contributed by atoms with van der Waals surface area (Å²) in [5.74, 6) is 1.36. The molecule has 1 aromatic rings. The zero-order chi connectivity index (χ0) is 18.1. The van der Waals surface area contributed by atoms with E-state index >= 15 is 0 Å². The second kappa shape index (κ2) is 10.3. The monoisotopic (exact) mass is 367 g/mol. The lowest BCUT2D eigenvalue weighted by atomic mass is 10.2. The van der Waals surface area contributed by atoms with Crippen LogP contribution >= 0.6 is 11.6 Å². The van der Waals surface area contributed by atoms with Crippen LogP contribution in [0.2, 0.25) is 0 Å². The molecule has 1 saturated heterocycles. The first-order chi connectivity index (χ1) is 12.1. The zero-order valence-corrected chi connectivity index (χ0v) is 15.4. The van der Waals surface area contributed by atoms with E-state index in [9.17, 15) is 9.59 Å². The highest BCUT2D eigenvalue weighted by atomic mass is 35.5. The summed E-state index contributed by atoms with van der Waals surface area (Å²) >= 11 is 5.63. The SMILES string of the molecule is COc1ccc(C(=O)NCCN2CCN(C(=O)CCCCl)CC2)cc1. The van der Waals surface area contributed by atoms with E-state index in [0.29, 0.717) is 24.4 Å². The molecule has 7 heteroatoms. The second-order valence-corrected chi connectivity index (χ2v) is 6.38. The van der Waals surface area contributed by atoms with Crippen LogP contribution in [-0.2, 0) is 4.79 Å². The van der Waals surface area contributed by atoms with Gasteiger partial charge in [-0.3, -0.25) is 14.5 Å². The van der Waals surface area contributed by atoms with Crippen LogP contribution in [0.25, 0.3) is 0 Å². The molecule has 0 bridgehead atoms. The van der Waals surface area contributed by atoms with E-state index in [2.05, 4.69) is 10.2 Å². The molecule has 2 amide bonds. The molecule has 25 heavy (non-hydrogen) atoms. The maximum atomic E-state index is 12.1. The summed E-state index contributed by atoms with van der Waals surface area (Å²) in [6, 6.07) is 7.05. The maximum Gasteiger partial charge on any atom is 0.251 e. The van der Waals surface area contributed by atoms with Gasteiger partial charge in [0.2, 0.25) is 5.91 Å². The van der Waals surface area contributed by atoms with Gasteiger partial charge in [-0.1, -0.05) is 0 Å². The van der Waals surface area contributed by atoms with Crippen LogP contribution in [0.5, 0.6) is 5.75 Å². The summed E-state index contributed by atoms with van der Waals surface area (Å²) < 4.78 is 5.08. The van der Waals surface area contributed by atoms with Crippen molar-refractivity contribution < 1.29 is 14.3 Å². The predicted octanol–water partition coefficient (Wildman–Crippen LogP) is 1.59. The third-order valence-electron chi connectivity index (χ3n) is 4.32. The zero-order valence-electron chi connectivity index (χ0n) is 14.7. The molecule has 1 fully saturated rings. The minimum absolute atomic E-state index is 0.0856. The number of rotatable bonds is 8. The van der Waals surface area contributed by atoms with Gasteiger partial charge in [0.25, 0.3) is 5.91 Å². The van der Waals surface area contributed by atoms with E-state index in [1.54, 1.807) is 31.4 Å². The number of nitrogens with zero attached hydrogens (tertiary/aromatic N) is 2. The summed E-state index contributed by atoms with van der Waals surface area (Å²) in [5, 5.41) is 2.93. The van der Waals surface area contributed by atoms with E-state index in [4.69, 9.17) is 16.3 Å². The molecule has 0 radical (unpaired) electrons. The number of carbonyl (C=O) groups excluding carboxylic acids is 2. The average Bonchev–Trinajstić information content (AvgIpc) is 2.66. The van der Waals surface area contributed by atoms with Gasteiger partial charge in [0, 0.05) is 57.1 Å². The highest BCUT2D eigenvalue weighted by molar-refractivity contribution is 6.17. The summed E-state index contributed by atoms with van der Waals surface area (Å²) in [5.41, 5.74) is 0.621. The smallest absolute Gasteiger partial charge is 0.251 e. The van der Waals surface area contributed by atoms with Gasteiger partial charge in [-0.2, -0.15) is 0 Å².